The average Bonchev–Trinajstić information content (AvgIpc) is 2.71. The van der Waals surface area contributed by atoms with Gasteiger partial charge in [-0.1, -0.05) is 23.7 Å². The van der Waals surface area contributed by atoms with Gasteiger partial charge in [0.25, 0.3) is 0 Å². The minimum absolute atomic E-state index is 0.0913. The molecule has 0 bridgehead atoms. The molecule has 0 unspecified atom stereocenters. The zero-order chi connectivity index (χ0) is 19.8. The number of carbonyl (C=O) groups is 1. The minimum atomic E-state index is 0.0913. The van der Waals surface area contributed by atoms with Crippen molar-refractivity contribution >= 4 is 29.1 Å². The maximum absolute atomic E-state index is 12.2. The molecule has 1 aromatic heterocycles. The summed E-state index contributed by atoms with van der Waals surface area (Å²) in [4.78, 5) is 23.2. The molecule has 1 atom stereocenters. The van der Waals surface area contributed by atoms with E-state index in [-0.39, 0.29) is 5.91 Å². The highest BCUT2D eigenvalue weighted by molar-refractivity contribution is 6.30. The molecule has 0 radical (unpaired) electrons. The highest BCUT2D eigenvalue weighted by Crippen LogP contribution is 2.25. The van der Waals surface area contributed by atoms with E-state index >= 15 is 0 Å². The Morgan fingerprint density at radius 2 is 2.21 bits per heavy atom. The van der Waals surface area contributed by atoms with Crippen LogP contribution in [0, 0.1) is 5.92 Å². The van der Waals surface area contributed by atoms with Crippen molar-refractivity contribution in [3.63, 3.8) is 0 Å². The Labute approximate surface area is 171 Å². The number of aromatic nitrogens is 2. The number of piperidine rings is 1. The Balaban J connectivity index is 1.45. The molecule has 7 heteroatoms. The Bertz CT molecular complexity index is 785. The van der Waals surface area contributed by atoms with Crippen molar-refractivity contribution in [3.05, 3.63) is 47.2 Å². The fraction of sp³-hybridized carbons (Fsp3) is 0.476. The van der Waals surface area contributed by atoms with E-state index in [0.717, 1.165) is 56.1 Å². The van der Waals surface area contributed by atoms with Crippen LogP contribution in [0.25, 0.3) is 0 Å². The number of nitrogens with one attached hydrogen (secondary N) is 2. The molecular formula is C21H28ClN5O. The molecule has 2 N–H and O–H groups in total. The summed E-state index contributed by atoms with van der Waals surface area (Å²) >= 11 is 5.98. The quantitative estimate of drug-likeness (QED) is 0.702. The van der Waals surface area contributed by atoms with Crippen molar-refractivity contribution in [3.8, 4) is 0 Å². The molecular weight excluding hydrogens is 374 g/mol. The molecule has 1 saturated heterocycles. The van der Waals surface area contributed by atoms with Gasteiger partial charge in [-0.2, -0.15) is 0 Å². The molecule has 1 fully saturated rings. The largest absolute Gasteiger partial charge is 0.370 e. The summed E-state index contributed by atoms with van der Waals surface area (Å²) in [5.41, 5.74) is 1.02. The van der Waals surface area contributed by atoms with Crippen LogP contribution < -0.4 is 15.5 Å². The van der Waals surface area contributed by atoms with Crippen molar-refractivity contribution in [1.29, 1.82) is 0 Å². The van der Waals surface area contributed by atoms with E-state index in [1.54, 1.807) is 6.33 Å². The molecule has 28 heavy (non-hydrogen) atoms. The molecule has 3 rings (SSSR count). The first kappa shape index (κ1) is 20.4. The third kappa shape index (κ3) is 6.09. The van der Waals surface area contributed by atoms with Crippen LogP contribution in [0.3, 0.4) is 0 Å². The van der Waals surface area contributed by atoms with Crippen LogP contribution in [0.15, 0.2) is 36.7 Å². The van der Waals surface area contributed by atoms with E-state index in [1.807, 2.05) is 30.3 Å². The monoisotopic (exact) mass is 401 g/mol. The van der Waals surface area contributed by atoms with Gasteiger partial charge in [-0.15, -0.1) is 0 Å². The number of hydrogen-bond donors (Lipinski definition) is 2. The second-order valence-electron chi connectivity index (χ2n) is 7.19. The second kappa shape index (κ2) is 10.3. The van der Waals surface area contributed by atoms with Gasteiger partial charge in [0.1, 0.15) is 18.0 Å². The smallest absolute Gasteiger partial charge is 0.220 e. The molecule has 1 aliphatic heterocycles. The molecule has 0 spiro atoms. The minimum Gasteiger partial charge on any atom is -0.370 e. The van der Waals surface area contributed by atoms with Crippen molar-refractivity contribution in [2.24, 2.45) is 5.92 Å². The standard InChI is InChI=1S/C21H28ClN5O/c1-2-23-19-12-20(26-15-25-19)27-10-4-6-16(14-27)8-9-21(28)24-13-17-5-3-7-18(22)11-17/h3,5,7,11-12,15-16H,2,4,6,8-10,13-14H2,1H3,(H,24,28)(H,23,25,26)/t16-/m1/s1. The predicted octanol–water partition coefficient (Wildman–Crippen LogP) is 3.87. The number of amides is 1. The fourth-order valence-corrected chi connectivity index (χ4v) is 3.79. The number of anilines is 2. The Hall–Kier alpha value is -2.34. The van der Waals surface area contributed by atoms with Crippen LogP contribution in [-0.2, 0) is 11.3 Å². The van der Waals surface area contributed by atoms with Gasteiger partial charge in [0, 0.05) is 43.7 Å². The summed E-state index contributed by atoms with van der Waals surface area (Å²) in [7, 11) is 0. The normalized spacial score (nSPS) is 16.6. The number of carbonyl (C=O) groups excluding carboxylic acids is 1. The van der Waals surface area contributed by atoms with Crippen molar-refractivity contribution < 1.29 is 4.79 Å². The number of rotatable bonds is 8. The summed E-state index contributed by atoms with van der Waals surface area (Å²) in [5, 5.41) is 6.91. The molecule has 0 saturated carbocycles. The highest BCUT2D eigenvalue weighted by atomic mass is 35.5. The maximum Gasteiger partial charge on any atom is 0.220 e. The van der Waals surface area contributed by atoms with Gasteiger partial charge >= 0.3 is 0 Å². The lowest BCUT2D eigenvalue weighted by atomic mass is 9.93. The molecule has 2 aromatic rings. The summed E-state index contributed by atoms with van der Waals surface area (Å²) in [5.74, 6) is 2.41. The van der Waals surface area contributed by atoms with Crippen molar-refractivity contribution in [2.75, 3.05) is 29.9 Å². The Kier molecular flexibility index (Phi) is 7.48. The number of hydrogen-bond acceptors (Lipinski definition) is 5. The third-order valence-corrected chi connectivity index (χ3v) is 5.25. The zero-order valence-electron chi connectivity index (χ0n) is 16.3. The van der Waals surface area contributed by atoms with Gasteiger partial charge in [-0.3, -0.25) is 4.79 Å². The molecule has 1 amide bonds. The first-order valence-corrected chi connectivity index (χ1v) is 10.3. The van der Waals surface area contributed by atoms with Crippen LogP contribution in [0.2, 0.25) is 5.02 Å². The predicted molar refractivity (Wildman–Crippen MR) is 114 cm³/mol. The van der Waals surface area contributed by atoms with Crippen LogP contribution in [-0.4, -0.2) is 35.5 Å². The van der Waals surface area contributed by atoms with Gasteiger partial charge in [0.2, 0.25) is 5.91 Å². The lowest BCUT2D eigenvalue weighted by molar-refractivity contribution is -0.121. The molecule has 0 aliphatic carbocycles. The molecule has 1 aliphatic rings. The first-order chi connectivity index (χ1) is 13.6. The van der Waals surface area contributed by atoms with E-state index in [9.17, 15) is 4.79 Å². The SMILES string of the molecule is CCNc1cc(N2CCC[C@H](CCC(=O)NCc3cccc(Cl)c3)C2)ncn1. The second-order valence-corrected chi connectivity index (χ2v) is 7.63. The Morgan fingerprint density at radius 3 is 3.04 bits per heavy atom. The van der Waals surface area contributed by atoms with Crippen LogP contribution in [0.5, 0.6) is 0 Å². The van der Waals surface area contributed by atoms with Gasteiger partial charge in [0.15, 0.2) is 0 Å². The van der Waals surface area contributed by atoms with Crippen LogP contribution >= 0.6 is 11.6 Å². The maximum atomic E-state index is 12.2. The first-order valence-electron chi connectivity index (χ1n) is 9.96. The van der Waals surface area contributed by atoms with Crippen LogP contribution in [0.4, 0.5) is 11.6 Å². The van der Waals surface area contributed by atoms with Gasteiger partial charge in [-0.25, -0.2) is 9.97 Å². The summed E-state index contributed by atoms with van der Waals surface area (Å²) < 4.78 is 0. The summed E-state index contributed by atoms with van der Waals surface area (Å²) in [6.45, 7) is 5.34. The topological polar surface area (TPSA) is 70.2 Å². The van der Waals surface area contributed by atoms with E-state index < -0.39 is 0 Å². The average molecular weight is 402 g/mol. The fourth-order valence-electron chi connectivity index (χ4n) is 3.58. The van der Waals surface area contributed by atoms with E-state index in [0.29, 0.717) is 23.9 Å². The number of benzene rings is 1. The van der Waals surface area contributed by atoms with Crippen molar-refractivity contribution in [2.45, 2.75) is 39.2 Å². The third-order valence-electron chi connectivity index (χ3n) is 5.01. The van der Waals surface area contributed by atoms with E-state index in [1.165, 1.54) is 0 Å². The zero-order valence-corrected chi connectivity index (χ0v) is 17.1. The Morgan fingerprint density at radius 1 is 1.32 bits per heavy atom. The van der Waals surface area contributed by atoms with Crippen LogP contribution in [0.1, 0.15) is 38.2 Å². The molecule has 2 heterocycles. The molecule has 6 nitrogen and oxygen atoms in total. The number of nitrogens with zero attached hydrogens (tertiary/aromatic N) is 3. The molecule has 150 valence electrons. The van der Waals surface area contributed by atoms with E-state index in [2.05, 4.69) is 32.4 Å². The molecule has 1 aromatic carbocycles. The highest BCUT2D eigenvalue weighted by Gasteiger charge is 2.22. The summed E-state index contributed by atoms with van der Waals surface area (Å²) in [6.07, 6.45) is 5.33. The van der Waals surface area contributed by atoms with Gasteiger partial charge in [-0.05, 0) is 49.8 Å². The van der Waals surface area contributed by atoms with Gasteiger partial charge in [0.05, 0.1) is 0 Å². The summed E-state index contributed by atoms with van der Waals surface area (Å²) in [6, 6.07) is 9.58. The van der Waals surface area contributed by atoms with E-state index in [4.69, 9.17) is 11.6 Å². The number of halogens is 1. The van der Waals surface area contributed by atoms with Gasteiger partial charge < -0.3 is 15.5 Å². The lowest BCUT2D eigenvalue weighted by Crippen LogP contribution is -2.36. The lowest BCUT2D eigenvalue weighted by Gasteiger charge is -2.33. The van der Waals surface area contributed by atoms with Crippen molar-refractivity contribution in [1.82, 2.24) is 15.3 Å².